The minimum atomic E-state index is -0.0815. The Morgan fingerprint density at radius 1 is 1.32 bits per heavy atom. The average molecular weight is 438 g/mol. The van der Waals surface area contributed by atoms with Gasteiger partial charge in [-0.1, -0.05) is 39.0 Å². The number of hydrogen-bond donors (Lipinski definition) is 2. The molecule has 1 saturated heterocycles. The number of nitrogens with zero attached hydrogens (tertiary/aromatic N) is 3. The molecular formula is C24H31N5OS. The zero-order valence-electron chi connectivity index (χ0n) is 18.5. The first-order valence-electron chi connectivity index (χ1n) is 10.9. The first-order valence-corrected chi connectivity index (χ1v) is 11.8. The van der Waals surface area contributed by atoms with Gasteiger partial charge < -0.3 is 5.32 Å². The summed E-state index contributed by atoms with van der Waals surface area (Å²) in [5.41, 5.74) is 3.18. The van der Waals surface area contributed by atoms with Gasteiger partial charge in [-0.15, -0.1) is 11.3 Å². The van der Waals surface area contributed by atoms with E-state index in [0.717, 1.165) is 37.5 Å². The lowest BCUT2D eigenvalue weighted by molar-refractivity contribution is 0.0877. The van der Waals surface area contributed by atoms with Gasteiger partial charge in [0.2, 0.25) is 0 Å². The highest BCUT2D eigenvalue weighted by Gasteiger charge is 2.32. The Hall–Kier alpha value is -2.51. The van der Waals surface area contributed by atoms with Crippen LogP contribution >= 0.6 is 11.3 Å². The molecule has 0 unspecified atom stereocenters. The minimum absolute atomic E-state index is 0.0358. The zero-order valence-corrected chi connectivity index (χ0v) is 19.3. The molecule has 0 saturated carbocycles. The third-order valence-corrected chi connectivity index (χ3v) is 6.77. The van der Waals surface area contributed by atoms with Crippen molar-refractivity contribution in [3.8, 4) is 0 Å². The number of hydrogen-bond acceptors (Lipinski definition) is 5. The van der Waals surface area contributed by atoms with Gasteiger partial charge >= 0.3 is 0 Å². The van der Waals surface area contributed by atoms with E-state index in [4.69, 9.17) is 0 Å². The Kier molecular flexibility index (Phi) is 6.53. The molecule has 0 radical (unpaired) electrons. The van der Waals surface area contributed by atoms with Crippen molar-refractivity contribution in [2.24, 2.45) is 5.92 Å². The van der Waals surface area contributed by atoms with Gasteiger partial charge in [-0.2, -0.15) is 5.10 Å². The summed E-state index contributed by atoms with van der Waals surface area (Å²) in [6, 6.07) is 9.35. The van der Waals surface area contributed by atoms with Gasteiger partial charge in [-0.3, -0.25) is 14.8 Å². The minimum Gasteiger partial charge on any atom is -0.342 e. The molecule has 0 aliphatic carbocycles. The van der Waals surface area contributed by atoms with E-state index in [1.54, 1.807) is 11.3 Å². The fourth-order valence-electron chi connectivity index (χ4n) is 4.41. The lowest BCUT2D eigenvalue weighted by Crippen LogP contribution is -2.42. The van der Waals surface area contributed by atoms with Gasteiger partial charge in [0.05, 0.1) is 12.2 Å². The maximum atomic E-state index is 12.9. The molecule has 3 heterocycles. The fourth-order valence-corrected chi connectivity index (χ4v) is 5.19. The van der Waals surface area contributed by atoms with Crippen LogP contribution in [-0.4, -0.2) is 39.1 Å². The number of benzene rings is 1. The van der Waals surface area contributed by atoms with Crippen molar-refractivity contribution < 1.29 is 4.79 Å². The monoisotopic (exact) mass is 437 g/mol. The Balaban J connectivity index is 1.50. The summed E-state index contributed by atoms with van der Waals surface area (Å²) in [4.78, 5) is 20.0. The molecule has 6 nitrogen and oxygen atoms in total. The van der Waals surface area contributed by atoms with Crippen LogP contribution in [0.4, 0.5) is 0 Å². The number of carbonyl (C=O) groups is 1. The maximum absolute atomic E-state index is 12.9. The molecule has 2 aromatic heterocycles. The molecule has 1 fully saturated rings. The largest absolute Gasteiger partial charge is 0.342 e. The molecule has 1 aliphatic rings. The van der Waals surface area contributed by atoms with Crippen LogP contribution in [0.25, 0.3) is 0 Å². The van der Waals surface area contributed by atoms with Crippen LogP contribution in [0.3, 0.4) is 0 Å². The highest BCUT2D eigenvalue weighted by atomic mass is 32.1. The first-order chi connectivity index (χ1) is 14.9. The lowest BCUT2D eigenvalue weighted by Gasteiger charge is -2.37. The third-order valence-electron chi connectivity index (χ3n) is 5.92. The SMILES string of the molecule is CC(C)(C)c1[nH]ncc1CN1CCC[C@H]([C@@H](NC(=O)c2ccccc2)c2nccs2)C1. The normalized spacial score (nSPS) is 18.6. The molecule has 1 aliphatic heterocycles. The Morgan fingerprint density at radius 3 is 2.84 bits per heavy atom. The second-order valence-electron chi connectivity index (χ2n) is 9.35. The second-order valence-corrected chi connectivity index (χ2v) is 10.3. The predicted molar refractivity (Wildman–Crippen MR) is 124 cm³/mol. The summed E-state index contributed by atoms with van der Waals surface area (Å²) in [5.74, 6) is 0.278. The van der Waals surface area contributed by atoms with Gasteiger partial charge in [0.25, 0.3) is 5.91 Å². The molecule has 7 heteroatoms. The second kappa shape index (κ2) is 9.32. The number of aromatic amines is 1. The van der Waals surface area contributed by atoms with Crippen molar-refractivity contribution in [1.82, 2.24) is 25.4 Å². The van der Waals surface area contributed by atoms with E-state index in [2.05, 4.69) is 46.2 Å². The number of piperidine rings is 1. The Morgan fingerprint density at radius 2 is 2.13 bits per heavy atom. The van der Waals surface area contributed by atoms with Crippen LogP contribution < -0.4 is 5.32 Å². The van der Waals surface area contributed by atoms with Gasteiger partial charge in [0.1, 0.15) is 5.01 Å². The predicted octanol–water partition coefficient (Wildman–Crippen LogP) is 4.55. The van der Waals surface area contributed by atoms with E-state index in [-0.39, 0.29) is 17.4 Å². The van der Waals surface area contributed by atoms with Crippen LogP contribution in [0.1, 0.15) is 66.3 Å². The van der Waals surface area contributed by atoms with Gasteiger partial charge in [0.15, 0.2) is 0 Å². The zero-order chi connectivity index (χ0) is 21.8. The molecule has 1 amide bonds. The summed E-state index contributed by atoms with van der Waals surface area (Å²) in [7, 11) is 0. The Bertz CT molecular complexity index is 977. The number of likely N-dealkylation sites (tertiary alicyclic amines) is 1. The van der Waals surface area contributed by atoms with E-state index < -0.39 is 0 Å². The molecule has 2 N–H and O–H groups in total. The van der Waals surface area contributed by atoms with E-state index in [1.807, 2.05) is 48.1 Å². The van der Waals surface area contributed by atoms with Crippen molar-refractivity contribution >= 4 is 17.2 Å². The van der Waals surface area contributed by atoms with Gasteiger partial charge in [-0.25, -0.2) is 4.98 Å². The van der Waals surface area contributed by atoms with Crippen LogP contribution in [-0.2, 0) is 12.0 Å². The molecule has 2 atom stereocenters. The van der Waals surface area contributed by atoms with Crippen molar-refractivity contribution in [3.63, 3.8) is 0 Å². The number of amides is 1. The highest BCUT2D eigenvalue weighted by Crippen LogP contribution is 2.33. The van der Waals surface area contributed by atoms with Gasteiger partial charge in [-0.05, 0) is 37.4 Å². The fraction of sp³-hybridized carbons (Fsp3) is 0.458. The van der Waals surface area contributed by atoms with Crippen LogP contribution in [0.5, 0.6) is 0 Å². The van der Waals surface area contributed by atoms with Crippen LogP contribution in [0, 0.1) is 5.92 Å². The Labute approximate surface area is 188 Å². The molecule has 4 rings (SSSR count). The maximum Gasteiger partial charge on any atom is 0.251 e. The molecule has 3 aromatic rings. The van der Waals surface area contributed by atoms with E-state index >= 15 is 0 Å². The summed E-state index contributed by atoms with van der Waals surface area (Å²) in [6.45, 7) is 9.48. The molecular weight excluding hydrogens is 406 g/mol. The van der Waals surface area contributed by atoms with Crippen molar-refractivity contribution in [3.05, 3.63) is 69.9 Å². The van der Waals surface area contributed by atoms with E-state index in [0.29, 0.717) is 11.5 Å². The quantitative estimate of drug-likeness (QED) is 0.593. The highest BCUT2D eigenvalue weighted by molar-refractivity contribution is 7.09. The number of carbonyl (C=O) groups excluding carboxylic acids is 1. The molecule has 31 heavy (non-hydrogen) atoms. The first kappa shape index (κ1) is 21.7. The number of thiazole rings is 1. The molecule has 1 aromatic carbocycles. The number of nitrogens with one attached hydrogen (secondary N) is 2. The molecule has 164 valence electrons. The number of aromatic nitrogens is 3. The summed E-state index contributed by atoms with van der Waals surface area (Å²) < 4.78 is 0. The van der Waals surface area contributed by atoms with Crippen molar-refractivity contribution in [2.75, 3.05) is 13.1 Å². The van der Waals surface area contributed by atoms with Crippen molar-refractivity contribution in [2.45, 2.75) is 51.6 Å². The van der Waals surface area contributed by atoms with E-state index in [1.165, 1.54) is 11.3 Å². The number of H-pyrrole nitrogens is 1. The average Bonchev–Trinajstić information content (AvgIpc) is 3.45. The third kappa shape index (κ3) is 5.22. The molecule has 0 bridgehead atoms. The molecule has 0 spiro atoms. The standard InChI is InChI=1S/C24H31N5OS/c1-24(2,3)21-19(14-26-28-21)16-29-12-7-10-18(15-29)20(23-25-11-13-31-23)27-22(30)17-8-5-4-6-9-17/h4-6,8-9,11,13-14,18,20H,7,10,12,15-16H2,1-3H3,(H,26,28)(H,27,30)/t18-,20+/m0/s1. The van der Waals surface area contributed by atoms with E-state index in [9.17, 15) is 4.79 Å². The van der Waals surface area contributed by atoms with Crippen LogP contribution in [0.2, 0.25) is 0 Å². The topological polar surface area (TPSA) is 73.9 Å². The summed E-state index contributed by atoms with van der Waals surface area (Å²) >= 11 is 1.61. The summed E-state index contributed by atoms with van der Waals surface area (Å²) in [5, 5.41) is 13.7. The summed E-state index contributed by atoms with van der Waals surface area (Å²) in [6.07, 6.45) is 5.97. The van der Waals surface area contributed by atoms with Crippen molar-refractivity contribution in [1.29, 1.82) is 0 Å². The van der Waals surface area contributed by atoms with Crippen LogP contribution in [0.15, 0.2) is 48.1 Å². The smallest absolute Gasteiger partial charge is 0.251 e. The number of rotatable bonds is 6. The van der Waals surface area contributed by atoms with Gasteiger partial charge in [0, 0.05) is 46.9 Å². The lowest BCUT2D eigenvalue weighted by atomic mass is 9.88.